The fourth-order valence-corrected chi connectivity index (χ4v) is 4.05. The first-order valence-electron chi connectivity index (χ1n) is 12.0. The fourth-order valence-electron chi connectivity index (χ4n) is 4.05. The van der Waals surface area contributed by atoms with Gasteiger partial charge in [0.15, 0.2) is 0 Å². The topological polar surface area (TPSA) is 55.8 Å². The van der Waals surface area contributed by atoms with Gasteiger partial charge in [0.25, 0.3) is 6.29 Å². The molecule has 176 valence electrons. The molecule has 0 saturated carbocycles. The van der Waals surface area contributed by atoms with Crippen molar-refractivity contribution >= 4 is 5.97 Å². The number of allylic oxidation sites excluding steroid dienone is 4. The predicted molar refractivity (Wildman–Crippen MR) is 133 cm³/mol. The van der Waals surface area contributed by atoms with Crippen LogP contribution in [0.4, 0.5) is 0 Å². The first-order chi connectivity index (χ1) is 15.9. The summed E-state index contributed by atoms with van der Waals surface area (Å²) in [5, 5.41) is 10.9. The number of phenolic OH excluding ortho intramolecular Hbond substituents is 1. The number of hydrogen-bond acceptors (Lipinski definition) is 4. The van der Waals surface area contributed by atoms with E-state index in [0.29, 0.717) is 29.7 Å². The number of rotatable bonds is 10. The third kappa shape index (κ3) is 6.50. The van der Waals surface area contributed by atoms with Crippen molar-refractivity contribution in [2.24, 2.45) is 0 Å². The molecule has 1 heterocycles. The quantitative estimate of drug-likeness (QED) is 0.231. The maximum Gasteiger partial charge on any atom is 0.345 e. The van der Waals surface area contributed by atoms with E-state index in [1.807, 2.05) is 30.3 Å². The zero-order chi connectivity index (χ0) is 23.8. The summed E-state index contributed by atoms with van der Waals surface area (Å²) in [5.41, 5.74) is 5.22. The van der Waals surface area contributed by atoms with Crippen molar-refractivity contribution in [2.45, 2.75) is 78.9 Å². The molecular formula is C29H36O4. The van der Waals surface area contributed by atoms with Crippen molar-refractivity contribution in [3.63, 3.8) is 0 Å². The van der Waals surface area contributed by atoms with Gasteiger partial charge in [0.05, 0.1) is 0 Å². The highest BCUT2D eigenvalue weighted by Crippen LogP contribution is 2.42. The van der Waals surface area contributed by atoms with Crippen LogP contribution in [-0.4, -0.2) is 11.1 Å². The van der Waals surface area contributed by atoms with Crippen LogP contribution < -0.4 is 4.74 Å². The highest BCUT2D eigenvalue weighted by molar-refractivity contribution is 5.96. The molecule has 0 spiro atoms. The largest absolute Gasteiger partial charge is 0.508 e. The fraction of sp³-hybridized carbons (Fsp3) is 0.414. The number of aromatic hydroxyl groups is 1. The van der Waals surface area contributed by atoms with Crippen molar-refractivity contribution < 1.29 is 19.4 Å². The zero-order valence-corrected chi connectivity index (χ0v) is 20.3. The minimum Gasteiger partial charge on any atom is -0.508 e. The van der Waals surface area contributed by atoms with E-state index in [1.54, 1.807) is 6.07 Å². The molecule has 4 heteroatoms. The first kappa shape index (κ1) is 24.6. The Morgan fingerprint density at radius 2 is 1.82 bits per heavy atom. The summed E-state index contributed by atoms with van der Waals surface area (Å²) < 4.78 is 11.9. The van der Waals surface area contributed by atoms with E-state index < -0.39 is 6.29 Å². The van der Waals surface area contributed by atoms with Crippen molar-refractivity contribution in [3.05, 3.63) is 82.0 Å². The Bertz CT molecular complexity index is 1010. The summed E-state index contributed by atoms with van der Waals surface area (Å²) in [6.07, 6.45) is 9.76. The molecule has 0 aromatic heterocycles. The van der Waals surface area contributed by atoms with E-state index in [1.165, 1.54) is 11.1 Å². The minimum absolute atomic E-state index is 0.176. The Morgan fingerprint density at radius 1 is 1.06 bits per heavy atom. The highest BCUT2D eigenvalue weighted by Gasteiger charge is 2.34. The van der Waals surface area contributed by atoms with Crippen molar-refractivity contribution in [3.8, 4) is 11.5 Å². The van der Waals surface area contributed by atoms with Crippen LogP contribution in [0.3, 0.4) is 0 Å². The number of hydrogen-bond donors (Lipinski definition) is 1. The van der Waals surface area contributed by atoms with Gasteiger partial charge in [-0.15, -0.1) is 0 Å². The van der Waals surface area contributed by atoms with Gasteiger partial charge in [0, 0.05) is 11.1 Å². The van der Waals surface area contributed by atoms with Gasteiger partial charge in [-0.1, -0.05) is 73.4 Å². The van der Waals surface area contributed by atoms with Gasteiger partial charge in [-0.25, -0.2) is 4.79 Å². The molecule has 0 amide bonds. The predicted octanol–water partition coefficient (Wildman–Crippen LogP) is 7.61. The third-order valence-corrected chi connectivity index (χ3v) is 5.95. The van der Waals surface area contributed by atoms with Crippen LogP contribution >= 0.6 is 0 Å². The summed E-state index contributed by atoms with van der Waals surface area (Å²) in [4.78, 5) is 13.1. The molecule has 0 aliphatic carbocycles. The van der Waals surface area contributed by atoms with Crippen LogP contribution in [0.5, 0.6) is 11.5 Å². The second kappa shape index (κ2) is 11.7. The van der Waals surface area contributed by atoms with Gasteiger partial charge in [-0.3, -0.25) is 0 Å². The summed E-state index contributed by atoms with van der Waals surface area (Å²) >= 11 is 0. The molecule has 4 nitrogen and oxygen atoms in total. The lowest BCUT2D eigenvalue weighted by molar-refractivity contribution is -0.0631. The van der Waals surface area contributed by atoms with Crippen molar-refractivity contribution in [2.75, 3.05) is 0 Å². The summed E-state index contributed by atoms with van der Waals surface area (Å²) in [5.74, 6) is 0.247. The van der Waals surface area contributed by atoms with E-state index in [9.17, 15) is 9.90 Å². The molecule has 2 aromatic carbocycles. The minimum atomic E-state index is -0.821. The number of aryl methyl sites for hydroxylation is 1. The number of phenols is 1. The van der Waals surface area contributed by atoms with Crippen LogP contribution in [0.2, 0.25) is 0 Å². The molecule has 0 fully saturated rings. The van der Waals surface area contributed by atoms with Crippen LogP contribution in [-0.2, 0) is 17.6 Å². The van der Waals surface area contributed by atoms with Crippen LogP contribution in [0.25, 0.3) is 0 Å². The molecular weight excluding hydrogens is 412 g/mol. The van der Waals surface area contributed by atoms with Gasteiger partial charge in [-0.2, -0.15) is 0 Å². The zero-order valence-electron chi connectivity index (χ0n) is 20.3. The maximum atomic E-state index is 13.1. The Labute approximate surface area is 197 Å². The second-order valence-corrected chi connectivity index (χ2v) is 9.04. The van der Waals surface area contributed by atoms with E-state index in [-0.39, 0.29) is 11.7 Å². The Kier molecular flexibility index (Phi) is 8.76. The number of carbonyl (C=O) groups excluding carboxylic acids is 1. The van der Waals surface area contributed by atoms with Gasteiger partial charge < -0.3 is 14.6 Å². The monoisotopic (exact) mass is 448 g/mol. The molecule has 0 saturated heterocycles. The van der Waals surface area contributed by atoms with Gasteiger partial charge >= 0.3 is 5.97 Å². The number of esters is 1. The normalized spacial score (nSPS) is 15.5. The SMILES string of the molecule is CCCCCc1cc(O)c(C/C=C(\C)CCC=C(C)C)c2c1C(=O)OC(c1ccccc1)O2. The average molecular weight is 449 g/mol. The number of benzene rings is 2. The molecule has 3 rings (SSSR count). The number of ether oxygens (including phenoxy) is 2. The van der Waals surface area contributed by atoms with E-state index >= 15 is 0 Å². The van der Waals surface area contributed by atoms with Gasteiger partial charge in [-0.05, 0) is 64.5 Å². The van der Waals surface area contributed by atoms with Gasteiger partial charge in [0.2, 0.25) is 0 Å². The lowest BCUT2D eigenvalue weighted by atomic mass is 9.94. The van der Waals surface area contributed by atoms with E-state index in [0.717, 1.165) is 43.2 Å². The van der Waals surface area contributed by atoms with Crippen molar-refractivity contribution in [1.82, 2.24) is 0 Å². The molecule has 1 aliphatic rings. The first-order valence-corrected chi connectivity index (χ1v) is 12.0. The van der Waals surface area contributed by atoms with Crippen LogP contribution in [0.15, 0.2) is 59.7 Å². The molecule has 1 atom stereocenters. The van der Waals surface area contributed by atoms with Gasteiger partial charge in [0.1, 0.15) is 17.1 Å². The Hall–Kier alpha value is -3.01. The van der Waals surface area contributed by atoms with E-state index in [2.05, 4.69) is 39.8 Å². The summed E-state index contributed by atoms with van der Waals surface area (Å²) in [7, 11) is 0. The third-order valence-electron chi connectivity index (χ3n) is 5.95. The van der Waals surface area contributed by atoms with Crippen molar-refractivity contribution in [1.29, 1.82) is 0 Å². The molecule has 0 radical (unpaired) electrons. The number of fused-ring (bicyclic) bond motifs is 1. The maximum absolute atomic E-state index is 13.1. The molecule has 1 unspecified atom stereocenters. The lowest BCUT2D eigenvalue weighted by Gasteiger charge is -2.29. The Balaban J connectivity index is 1.95. The number of carbonyl (C=O) groups is 1. The smallest absolute Gasteiger partial charge is 0.345 e. The van der Waals surface area contributed by atoms with Crippen LogP contribution in [0.1, 0.15) is 93.1 Å². The molecule has 33 heavy (non-hydrogen) atoms. The standard InChI is InChI=1S/C29H36O4/c1-5-6-8-16-23-19-25(30)24(18-17-21(4)13-11-12-20(2)3)27-26(23)28(31)33-29(32-27)22-14-9-7-10-15-22/h7,9-10,12,14-15,17,19,29-30H,5-6,8,11,13,16,18H2,1-4H3/b21-17+. The molecule has 2 aromatic rings. The van der Waals surface area contributed by atoms with E-state index in [4.69, 9.17) is 9.47 Å². The number of unbranched alkanes of at least 4 members (excludes halogenated alkanes) is 2. The highest BCUT2D eigenvalue weighted by atomic mass is 16.7. The van der Waals surface area contributed by atoms with Crippen LogP contribution in [0, 0.1) is 0 Å². The Morgan fingerprint density at radius 3 is 2.52 bits per heavy atom. The summed E-state index contributed by atoms with van der Waals surface area (Å²) in [6, 6.07) is 11.2. The average Bonchev–Trinajstić information content (AvgIpc) is 2.78. The second-order valence-electron chi connectivity index (χ2n) is 9.04. The molecule has 1 aliphatic heterocycles. The molecule has 1 N–H and O–H groups in total. The summed E-state index contributed by atoms with van der Waals surface area (Å²) in [6.45, 7) is 8.45. The lowest BCUT2D eigenvalue weighted by Crippen LogP contribution is -2.25. The number of cyclic esters (lactones) is 1. The molecule has 0 bridgehead atoms.